The van der Waals surface area contributed by atoms with Crippen LogP contribution in [0.15, 0.2) is 22.7 Å². The molecule has 1 heterocycles. The van der Waals surface area contributed by atoms with E-state index in [0.717, 1.165) is 10.0 Å². The average Bonchev–Trinajstić information content (AvgIpc) is 2.54. The van der Waals surface area contributed by atoms with Gasteiger partial charge in [0.25, 0.3) is 0 Å². The lowest BCUT2D eigenvalue weighted by molar-refractivity contribution is -0.198. The van der Waals surface area contributed by atoms with Crippen LogP contribution in [0.5, 0.6) is 5.75 Å². The maximum absolute atomic E-state index is 13.3. The molecule has 146 valence electrons. The van der Waals surface area contributed by atoms with Gasteiger partial charge in [-0.1, -0.05) is 22.0 Å². The Morgan fingerprint density at radius 3 is 2.77 bits per heavy atom. The topological polar surface area (TPSA) is 53.0 Å². The molecule has 0 aromatic heterocycles. The second kappa shape index (κ2) is 9.05. The summed E-state index contributed by atoms with van der Waals surface area (Å²) in [6.45, 7) is 2.28. The summed E-state index contributed by atoms with van der Waals surface area (Å²) >= 11 is 3.41. The quantitative estimate of drug-likeness (QED) is 0.662. The van der Waals surface area contributed by atoms with Crippen molar-refractivity contribution in [3.8, 4) is 5.75 Å². The Labute approximate surface area is 158 Å². The van der Waals surface area contributed by atoms with E-state index < -0.39 is 18.2 Å². The fourth-order valence-corrected chi connectivity index (χ4v) is 3.33. The number of carbonyl (C=O) groups is 1. The molecule has 5 nitrogen and oxygen atoms in total. The van der Waals surface area contributed by atoms with Gasteiger partial charge in [-0.3, -0.25) is 14.6 Å². The van der Waals surface area contributed by atoms with E-state index in [1.54, 1.807) is 0 Å². The number of hydrogen-bond donors (Lipinski definition) is 1. The van der Waals surface area contributed by atoms with Crippen molar-refractivity contribution < 1.29 is 27.8 Å². The van der Waals surface area contributed by atoms with E-state index >= 15 is 0 Å². The molecule has 1 aliphatic rings. The van der Waals surface area contributed by atoms with E-state index in [0.29, 0.717) is 25.3 Å². The van der Waals surface area contributed by atoms with Gasteiger partial charge < -0.3 is 9.84 Å². The monoisotopic (exact) mass is 438 g/mol. The van der Waals surface area contributed by atoms with E-state index in [-0.39, 0.29) is 26.2 Å². The van der Waals surface area contributed by atoms with Crippen LogP contribution in [0.4, 0.5) is 13.2 Å². The van der Waals surface area contributed by atoms with Crippen molar-refractivity contribution >= 4 is 21.9 Å². The van der Waals surface area contributed by atoms with Crippen molar-refractivity contribution in [1.82, 2.24) is 9.80 Å². The van der Waals surface area contributed by atoms with Crippen LogP contribution in [0.3, 0.4) is 0 Å². The number of rotatable bonds is 7. The fraction of sp³-hybridized carbons (Fsp3) is 0.588. The Hall–Kier alpha value is -1.32. The number of piperazine rings is 1. The summed E-state index contributed by atoms with van der Waals surface area (Å²) in [5, 5.41) is 8.79. The Kier molecular flexibility index (Phi) is 7.31. The molecule has 1 fully saturated rings. The van der Waals surface area contributed by atoms with Crippen molar-refractivity contribution in [2.75, 3.05) is 39.3 Å². The second-order valence-corrected chi connectivity index (χ2v) is 7.14. The molecule has 26 heavy (non-hydrogen) atoms. The SMILES string of the molecule is Cc1c(Br)cccc1OCCCN1CCN(CC(=O)O)CC1C(F)(F)F. The molecular weight excluding hydrogens is 417 g/mol. The fourth-order valence-electron chi connectivity index (χ4n) is 2.98. The highest BCUT2D eigenvalue weighted by molar-refractivity contribution is 9.10. The molecule has 0 saturated carbocycles. The number of carboxylic acids is 1. The minimum absolute atomic E-state index is 0.188. The van der Waals surface area contributed by atoms with Crippen LogP contribution in [0.25, 0.3) is 0 Å². The minimum atomic E-state index is -4.39. The van der Waals surface area contributed by atoms with Crippen molar-refractivity contribution in [3.05, 3.63) is 28.2 Å². The average molecular weight is 439 g/mol. The smallest absolute Gasteiger partial charge is 0.405 e. The summed E-state index contributed by atoms with van der Waals surface area (Å²) in [6.07, 6.45) is -3.93. The van der Waals surface area contributed by atoms with Gasteiger partial charge in [0, 0.05) is 36.2 Å². The predicted molar refractivity (Wildman–Crippen MR) is 94.5 cm³/mol. The van der Waals surface area contributed by atoms with Gasteiger partial charge in [-0.05, 0) is 25.5 Å². The standard InChI is InChI=1S/C17H22BrF3N2O3/c1-12-13(18)4-2-5-14(12)26-9-3-6-23-8-7-22(11-16(24)25)10-15(23)17(19,20)21/h2,4-5,15H,3,6-11H2,1H3,(H,24,25). The zero-order chi connectivity index (χ0) is 19.3. The molecule has 0 spiro atoms. The van der Waals surface area contributed by atoms with Crippen molar-refractivity contribution in [2.24, 2.45) is 0 Å². The third-order valence-electron chi connectivity index (χ3n) is 4.38. The summed E-state index contributed by atoms with van der Waals surface area (Å²) < 4.78 is 46.6. The van der Waals surface area contributed by atoms with Crippen LogP contribution in [-0.2, 0) is 4.79 Å². The van der Waals surface area contributed by atoms with Crippen molar-refractivity contribution in [2.45, 2.75) is 25.6 Å². The Balaban J connectivity index is 1.87. The van der Waals surface area contributed by atoms with Crippen molar-refractivity contribution in [3.63, 3.8) is 0 Å². The molecule has 0 bridgehead atoms. The minimum Gasteiger partial charge on any atom is -0.493 e. The lowest BCUT2D eigenvalue weighted by Gasteiger charge is -2.41. The summed E-state index contributed by atoms with van der Waals surface area (Å²) in [5.74, 6) is -0.407. The van der Waals surface area contributed by atoms with Gasteiger partial charge in [-0.2, -0.15) is 13.2 Å². The summed E-state index contributed by atoms with van der Waals surface area (Å²) in [6, 6.07) is 3.91. The Morgan fingerprint density at radius 2 is 2.12 bits per heavy atom. The molecule has 1 N–H and O–H groups in total. The van der Waals surface area contributed by atoms with Gasteiger partial charge in [0.2, 0.25) is 0 Å². The third-order valence-corrected chi connectivity index (χ3v) is 5.24. The number of ether oxygens (including phenoxy) is 1. The zero-order valence-corrected chi connectivity index (χ0v) is 16.0. The van der Waals surface area contributed by atoms with Gasteiger partial charge in [-0.25, -0.2) is 0 Å². The van der Waals surface area contributed by atoms with E-state index in [4.69, 9.17) is 9.84 Å². The predicted octanol–water partition coefficient (Wildman–Crippen LogP) is 3.16. The highest BCUT2D eigenvalue weighted by Crippen LogP contribution is 2.28. The third kappa shape index (κ3) is 5.85. The number of aliphatic carboxylic acids is 1. The lowest BCUT2D eigenvalue weighted by atomic mass is 10.1. The number of alkyl halides is 3. The molecule has 2 rings (SSSR count). The number of halogens is 4. The first kappa shape index (κ1) is 21.0. The first-order valence-corrected chi connectivity index (χ1v) is 9.10. The van der Waals surface area contributed by atoms with Crippen molar-refractivity contribution in [1.29, 1.82) is 0 Å². The molecule has 1 atom stereocenters. The Morgan fingerprint density at radius 1 is 1.38 bits per heavy atom. The first-order valence-electron chi connectivity index (χ1n) is 8.31. The highest BCUT2D eigenvalue weighted by Gasteiger charge is 2.46. The van der Waals surface area contributed by atoms with Gasteiger partial charge in [0.15, 0.2) is 0 Å². The number of hydrogen-bond acceptors (Lipinski definition) is 4. The van der Waals surface area contributed by atoms with E-state index in [1.165, 1.54) is 9.80 Å². The van der Waals surface area contributed by atoms with E-state index in [2.05, 4.69) is 15.9 Å². The van der Waals surface area contributed by atoms with Gasteiger partial charge in [-0.15, -0.1) is 0 Å². The van der Waals surface area contributed by atoms with Crippen LogP contribution in [0, 0.1) is 6.92 Å². The van der Waals surface area contributed by atoms with Crippen LogP contribution in [0.2, 0.25) is 0 Å². The number of benzene rings is 1. The largest absolute Gasteiger partial charge is 0.493 e. The molecule has 1 saturated heterocycles. The molecule has 9 heteroatoms. The summed E-state index contributed by atoms with van der Waals surface area (Å²) in [5.41, 5.74) is 0.947. The molecule has 0 amide bonds. The van der Waals surface area contributed by atoms with Gasteiger partial charge in [0.1, 0.15) is 11.8 Å². The summed E-state index contributed by atoms with van der Waals surface area (Å²) in [4.78, 5) is 13.4. The van der Waals surface area contributed by atoms with E-state index in [1.807, 2.05) is 25.1 Å². The van der Waals surface area contributed by atoms with Gasteiger partial charge >= 0.3 is 12.1 Å². The maximum atomic E-state index is 13.3. The molecule has 1 aromatic carbocycles. The zero-order valence-electron chi connectivity index (χ0n) is 14.4. The molecule has 1 aromatic rings. The van der Waals surface area contributed by atoms with Crippen LogP contribution in [-0.4, -0.2) is 72.4 Å². The molecule has 1 unspecified atom stereocenters. The van der Waals surface area contributed by atoms with Gasteiger partial charge in [0.05, 0.1) is 13.2 Å². The van der Waals surface area contributed by atoms with E-state index in [9.17, 15) is 18.0 Å². The molecular formula is C17H22BrF3N2O3. The van der Waals surface area contributed by atoms with Crippen LogP contribution < -0.4 is 4.74 Å². The Bertz CT molecular complexity index is 628. The molecule has 0 radical (unpaired) electrons. The first-order chi connectivity index (χ1) is 12.2. The molecule has 1 aliphatic heterocycles. The maximum Gasteiger partial charge on any atom is 0.405 e. The summed E-state index contributed by atoms with van der Waals surface area (Å²) in [7, 11) is 0. The highest BCUT2D eigenvalue weighted by atomic mass is 79.9. The normalized spacial score (nSPS) is 19.5. The number of nitrogens with zero attached hydrogens (tertiary/aromatic N) is 2. The van der Waals surface area contributed by atoms with Crippen LogP contribution >= 0.6 is 15.9 Å². The van der Waals surface area contributed by atoms with Crippen LogP contribution in [0.1, 0.15) is 12.0 Å². The molecule has 0 aliphatic carbocycles. The second-order valence-electron chi connectivity index (χ2n) is 6.29. The lowest BCUT2D eigenvalue weighted by Crippen LogP contribution is -2.59. The number of carboxylic acid groups (broad SMARTS) is 1.